The van der Waals surface area contributed by atoms with Gasteiger partial charge in [0.05, 0.1) is 17.1 Å². The van der Waals surface area contributed by atoms with E-state index in [1.807, 2.05) is 17.0 Å². The molecule has 3 heterocycles. The summed E-state index contributed by atoms with van der Waals surface area (Å²) in [5.74, 6) is 0.855. The molecule has 0 aliphatic carbocycles. The van der Waals surface area contributed by atoms with Crippen LogP contribution in [0.4, 0.5) is 0 Å². The molecule has 8 heteroatoms. The minimum atomic E-state index is -3.40. The van der Waals surface area contributed by atoms with E-state index in [1.54, 1.807) is 16.4 Å². The number of hydrogen-bond acceptors (Lipinski definition) is 5. The molecule has 190 valence electrons. The molecule has 1 aromatic carbocycles. The molecule has 2 atom stereocenters. The largest absolute Gasteiger partial charge is 0.373 e. The number of aryl methyl sites for hydroxylation is 1. The van der Waals surface area contributed by atoms with Crippen molar-refractivity contribution in [1.82, 2.24) is 14.1 Å². The highest BCUT2D eigenvalue weighted by Gasteiger charge is 2.28. The molecule has 0 saturated carbocycles. The molecule has 0 spiro atoms. The predicted octanol–water partition coefficient (Wildman–Crippen LogP) is 3.14. The SMILES string of the molecule is CC1CN(CC2CCN(C(=O)CCc3ccc(S(=O)(=O)N4CCCCC4)cc3)CC2)CC(C)O1. The monoisotopic (exact) mass is 491 g/mol. The van der Waals surface area contributed by atoms with E-state index in [4.69, 9.17) is 4.74 Å². The van der Waals surface area contributed by atoms with Crippen LogP contribution in [0.15, 0.2) is 29.2 Å². The summed E-state index contributed by atoms with van der Waals surface area (Å²) >= 11 is 0. The number of carbonyl (C=O) groups excluding carboxylic acids is 1. The highest BCUT2D eigenvalue weighted by molar-refractivity contribution is 7.89. The summed E-state index contributed by atoms with van der Waals surface area (Å²) in [6.07, 6.45) is 6.80. The Morgan fingerprint density at radius 2 is 1.56 bits per heavy atom. The summed E-state index contributed by atoms with van der Waals surface area (Å²) in [6, 6.07) is 7.12. The number of sulfonamides is 1. The topological polar surface area (TPSA) is 70.2 Å². The first kappa shape index (κ1) is 25.6. The first-order valence-corrected chi connectivity index (χ1v) is 14.5. The molecule has 0 bridgehead atoms. The molecule has 3 aliphatic rings. The van der Waals surface area contributed by atoms with Crippen molar-refractivity contribution < 1.29 is 17.9 Å². The summed E-state index contributed by atoms with van der Waals surface area (Å²) in [5, 5.41) is 0. The normalized spacial score (nSPS) is 26.0. The van der Waals surface area contributed by atoms with Crippen molar-refractivity contribution in [2.24, 2.45) is 5.92 Å². The van der Waals surface area contributed by atoms with E-state index >= 15 is 0 Å². The van der Waals surface area contributed by atoms with Crippen LogP contribution in [-0.2, 0) is 26.0 Å². The second kappa shape index (κ2) is 11.5. The lowest BCUT2D eigenvalue weighted by Crippen LogP contribution is -2.48. The molecule has 3 saturated heterocycles. The second-order valence-electron chi connectivity index (χ2n) is 10.4. The Balaban J connectivity index is 1.20. The van der Waals surface area contributed by atoms with Crippen LogP contribution in [0.25, 0.3) is 0 Å². The Bertz CT molecular complexity index is 896. The second-order valence-corrected chi connectivity index (χ2v) is 12.3. The average molecular weight is 492 g/mol. The Hall–Kier alpha value is -1.48. The number of hydrogen-bond donors (Lipinski definition) is 0. The molecule has 3 aliphatic heterocycles. The Morgan fingerprint density at radius 1 is 0.941 bits per heavy atom. The maximum absolute atomic E-state index is 12.8. The fourth-order valence-corrected chi connectivity index (χ4v) is 7.17. The maximum atomic E-state index is 12.8. The van der Waals surface area contributed by atoms with Crippen LogP contribution >= 0.6 is 0 Å². The van der Waals surface area contributed by atoms with Crippen LogP contribution < -0.4 is 0 Å². The Kier molecular flexibility index (Phi) is 8.66. The van der Waals surface area contributed by atoms with E-state index < -0.39 is 10.0 Å². The zero-order valence-corrected chi connectivity index (χ0v) is 21.6. The summed E-state index contributed by atoms with van der Waals surface area (Å²) in [4.78, 5) is 17.7. The number of piperidine rings is 2. The zero-order chi connectivity index (χ0) is 24.1. The van der Waals surface area contributed by atoms with Crippen molar-refractivity contribution in [3.63, 3.8) is 0 Å². The van der Waals surface area contributed by atoms with Gasteiger partial charge in [0, 0.05) is 52.2 Å². The van der Waals surface area contributed by atoms with Crippen molar-refractivity contribution in [1.29, 1.82) is 0 Å². The first-order chi connectivity index (χ1) is 16.3. The fourth-order valence-electron chi connectivity index (χ4n) is 5.66. The van der Waals surface area contributed by atoms with Gasteiger partial charge in [-0.3, -0.25) is 9.69 Å². The number of nitrogens with zero attached hydrogens (tertiary/aromatic N) is 3. The quantitative estimate of drug-likeness (QED) is 0.586. The summed E-state index contributed by atoms with van der Waals surface area (Å²) in [5.41, 5.74) is 1.01. The van der Waals surface area contributed by atoms with Gasteiger partial charge in [0.2, 0.25) is 15.9 Å². The van der Waals surface area contributed by atoms with Gasteiger partial charge in [-0.1, -0.05) is 18.6 Å². The van der Waals surface area contributed by atoms with Gasteiger partial charge in [0.1, 0.15) is 0 Å². The van der Waals surface area contributed by atoms with Crippen LogP contribution in [0.2, 0.25) is 0 Å². The van der Waals surface area contributed by atoms with Crippen LogP contribution in [0.5, 0.6) is 0 Å². The van der Waals surface area contributed by atoms with Gasteiger partial charge in [0.25, 0.3) is 0 Å². The van der Waals surface area contributed by atoms with E-state index in [0.29, 0.717) is 49.0 Å². The van der Waals surface area contributed by atoms with Crippen LogP contribution in [0, 0.1) is 5.92 Å². The molecule has 34 heavy (non-hydrogen) atoms. The van der Waals surface area contributed by atoms with E-state index in [2.05, 4.69) is 18.7 Å². The number of carbonyl (C=O) groups is 1. The summed E-state index contributed by atoms with van der Waals surface area (Å²) < 4.78 is 33.1. The summed E-state index contributed by atoms with van der Waals surface area (Å²) in [6.45, 7) is 10.3. The number of benzene rings is 1. The van der Waals surface area contributed by atoms with Gasteiger partial charge in [-0.25, -0.2) is 8.42 Å². The molecule has 0 N–H and O–H groups in total. The number of rotatable bonds is 7. The summed E-state index contributed by atoms with van der Waals surface area (Å²) in [7, 11) is -3.40. The van der Waals surface area contributed by atoms with Gasteiger partial charge in [-0.05, 0) is 69.6 Å². The van der Waals surface area contributed by atoms with Crippen molar-refractivity contribution >= 4 is 15.9 Å². The van der Waals surface area contributed by atoms with Crippen LogP contribution in [0.1, 0.15) is 57.9 Å². The van der Waals surface area contributed by atoms with Crippen molar-refractivity contribution in [2.45, 2.75) is 75.9 Å². The van der Waals surface area contributed by atoms with Crippen LogP contribution in [0.3, 0.4) is 0 Å². The average Bonchev–Trinajstić information content (AvgIpc) is 2.83. The number of likely N-dealkylation sites (tertiary alicyclic amines) is 1. The van der Waals surface area contributed by atoms with E-state index in [9.17, 15) is 13.2 Å². The van der Waals surface area contributed by atoms with Crippen molar-refractivity contribution in [3.05, 3.63) is 29.8 Å². The molecule has 2 unspecified atom stereocenters. The molecular weight excluding hydrogens is 450 g/mol. The standard InChI is InChI=1S/C26H41N3O4S/c1-21-18-27(19-22(2)33-21)20-24-12-16-28(17-13-24)26(30)11-8-23-6-9-25(10-7-23)34(31,32)29-14-4-3-5-15-29/h6-7,9-10,21-22,24H,3-5,8,11-20H2,1-2H3. The molecule has 4 rings (SSSR count). The number of amides is 1. The molecular formula is C26H41N3O4S. The number of ether oxygens (including phenoxy) is 1. The first-order valence-electron chi connectivity index (χ1n) is 13.1. The predicted molar refractivity (Wildman–Crippen MR) is 133 cm³/mol. The highest BCUT2D eigenvalue weighted by atomic mass is 32.2. The van der Waals surface area contributed by atoms with Crippen molar-refractivity contribution in [2.75, 3.05) is 45.8 Å². The Labute approximate surface area is 205 Å². The van der Waals surface area contributed by atoms with Gasteiger partial charge < -0.3 is 9.64 Å². The zero-order valence-electron chi connectivity index (χ0n) is 20.8. The third-order valence-corrected chi connectivity index (χ3v) is 9.40. The van der Waals surface area contributed by atoms with Gasteiger partial charge >= 0.3 is 0 Å². The Morgan fingerprint density at radius 3 is 2.18 bits per heavy atom. The van der Waals surface area contributed by atoms with Crippen molar-refractivity contribution in [3.8, 4) is 0 Å². The van der Waals surface area contributed by atoms with E-state index in [0.717, 1.165) is 70.4 Å². The molecule has 1 aromatic rings. The third-order valence-electron chi connectivity index (χ3n) is 7.48. The molecule has 0 aromatic heterocycles. The van der Waals surface area contributed by atoms with Gasteiger partial charge in [0.15, 0.2) is 0 Å². The van der Waals surface area contributed by atoms with Crippen LogP contribution in [-0.4, -0.2) is 86.5 Å². The lowest BCUT2D eigenvalue weighted by molar-refractivity contribution is -0.132. The molecule has 0 radical (unpaired) electrons. The van der Waals surface area contributed by atoms with Gasteiger partial charge in [-0.15, -0.1) is 0 Å². The van der Waals surface area contributed by atoms with Gasteiger partial charge in [-0.2, -0.15) is 4.31 Å². The minimum absolute atomic E-state index is 0.206. The van der Waals surface area contributed by atoms with E-state index in [1.165, 1.54) is 0 Å². The highest BCUT2D eigenvalue weighted by Crippen LogP contribution is 2.23. The lowest BCUT2D eigenvalue weighted by Gasteiger charge is -2.39. The molecule has 3 fully saturated rings. The fraction of sp³-hybridized carbons (Fsp3) is 0.731. The molecule has 1 amide bonds. The number of morpholine rings is 1. The molecule has 7 nitrogen and oxygen atoms in total. The smallest absolute Gasteiger partial charge is 0.243 e. The minimum Gasteiger partial charge on any atom is -0.373 e. The maximum Gasteiger partial charge on any atom is 0.243 e. The van der Waals surface area contributed by atoms with E-state index in [-0.39, 0.29) is 5.91 Å². The lowest BCUT2D eigenvalue weighted by atomic mass is 9.95. The third kappa shape index (κ3) is 6.59.